The molecule has 0 saturated carbocycles. The summed E-state index contributed by atoms with van der Waals surface area (Å²) in [4.78, 5) is 52.7. The third kappa shape index (κ3) is 5.98. The Bertz CT molecular complexity index is 1090. The van der Waals surface area contributed by atoms with E-state index in [0.29, 0.717) is 11.4 Å². The molecule has 2 aromatic carbocycles. The zero-order valence-corrected chi connectivity index (χ0v) is 20.3. The van der Waals surface area contributed by atoms with Crippen LogP contribution in [-0.2, 0) is 20.8 Å². The molecule has 0 unspecified atom stereocenters. The van der Waals surface area contributed by atoms with Crippen molar-refractivity contribution in [2.45, 2.75) is 52.2 Å². The van der Waals surface area contributed by atoms with Gasteiger partial charge in [-0.05, 0) is 29.5 Å². The van der Waals surface area contributed by atoms with Gasteiger partial charge in [0, 0.05) is 6.42 Å². The Hall–Kier alpha value is -3.88. The van der Waals surface area contributed by atoms with E-state index in [9.17, 15) is 24.3 Å². The SMILES string of the molecule is CC(C)[C@@H](NC(=O)[C@H](Cc1ccccc1)NC(=O)N1c2ccccc2NC(=O)[C@H]1C(C)C)C(=O)O. The van der Waals surface area contributed by atoms with Crippen LogP contribution in [0.4, 0.5) is 16.2 Å². The average Bonchev–Trinajstić information content (AvgIpc) is 2.80. The molecule has 186 valence electrons. The summed E-state index contributed by atoms with van der Waals surface area (Å²) in [5.41, 5.74) is 1.81. The minimum Gasteiger partial charge on any atom is -0.480 e. The largest absolute Gasteiger partial charge is 0.480 e. The molecule has 4 amide bonds. The Labute approximate surface area is 204 Å². The first-order chi connectivity index (χ1) is 16.6. The molecule has 0 bridgehead atoms. The first kappa shape index (κ1) is 25.7. The summed E-state index contributed by atoms with van der Waals surface area (Å²) in [6.45, 7) is 7.07. The van der Waals surface area contributed by atoms with Crippen molar-refractivity contribution in [2.75, 3.05) is 10.2 Å². The quantitative estimate of drug-likeness (QED) is 0.462. The second kappa shape index (κ2) is 11.0. The number of carboxylic acid groups (broad SMARTS) is 1. The van der Waals surface area contributed by atoms with Crippen LogP contribution < -0.4 is 20.9 Å². The van der Waals surface area contributed by atoms with E-state index in [4.69, 9.17) is 0 Å². The van der Waals surface area contributed by atoms with Crippen LogP contribution in [0.15, 0.2) is 54.6 Å². The predicted molar refractivity (Wildman–Crippen MR) is 133 cm³/mol. The fourth-order valence-electron chi connectivity index (χ4n) is 4.14. The third-order valence-electron chi connectivity index (χ3n) is 5.95. The molecule has 0 aliphatic carbocycles. The molecular weight excluding hydrogens is 448 g/mol. The highest BCUT2D eigenvalue weighted by atomic mass is 16.4. The number of carbonyl (C=O) groups excluding carboxylic acids is 3. The molecular formula is C26H32N4O5. The molecule has 9 nitrogen and oxygen atoms in total. The van der Waals surface area contributed by atoms with Gasteiger partial charge in [-0.2, -0.15) is 0 Å². The van der Waals surface area contributed by atoms with Gasteiger partial charge in [-0.25, -0.2) is 9.59 Å². The molecule has 0 radical (unpaired) electrons. The second-order valence-electron chi connectivity index (χ2n) is 9.33. The van der Waals surface area contributed by atoms with Crippen LogP contribution in [0.25, 0.3) is 0 Å². The number of urea groups is 1. The van der Waals surface area contributed by atoms with Crippen molar-refractivity contribution < 1.29 is 24.3 Å². The first-order valence-corrected chi connectivity index (χ1v) is 11.7. The maximum absolute atomic E-state index is 13.6. The Morgan fingerprint density at radius 3 is 2.20 bits per heavy atom. The van der Waals surface area contributed by atoms with Gasteiger partial charge >= 0.3 is 12.0 Å². The molecule has 4 N–H and O–H groups in total. The first-order valence-electron chi connectivity index (χ1n) is 11.7. The number of carboxylic acids is 1. The van der Waals surface area contributed by atoms with Gasteiger partial charge in [0.1, 0.15) is 18.1 Å². The highest BCUT2D eigenvalue weighted by molar-refractivity contribution is 6.12. The lowest BCUT2D eigenvalue weighted by molar-refractivity contribution is -0.143. The summed E-state index contributed by atoms with van der Waals surface area (Å²) < 4.78 is 0. The average molecular weight is 481 g/mol. The zero-order valence-electron chi connectivity index (χ0n) is 20.3. The summed E-state index contributed by atoms with van der Waals surface area (Å²) in [6, 6.07) is 12.5. The van der Waals surface area contributed by atoms with E-state index in [-0.39, 0.29) is 24.2 Å². The van der Waals surface area contributed by atoms with E-state index in [0.717, 1.165) is 5.56 Å². The Balaban J connectivity index is 1.93. The molecule has 3 atom stereocenters. The molecule has 1 heterocycles. The van der Waals surface area contributed by atoms with Crippen molar-refractivity contribution in [1.29, 1.82) is 0 Å². The Kier molecular flexibility index (Phi) is 8.11. The predicted octanol–water partition coefficient (Wildman–Crippen LogP) is 3.02. The summed E-state index contributed by atoms with van der Waals surface area (Å²) in [5, 5.41) is 17.7. The van der Waals surface area contributed by atoms with Crippen LogP contribution >= 0.6 is 0 Å². The number of nitrogens with one attached hydrogen (secondary N) is 3. The number of nitrogens with zero attached hydrogens (tertiary/aromatic N) is 1. The summed E-state index contributed by atoms with van der Waals surface area (Å²) in [6.07, 6.45) is 0.150. The molecule has 0 spiro atoms. The number of amides is 4. The van der Waals surface area contributed by atoms with Gasteiger partial charge in [-0.15, -0.1) is 0 Å². The van der Waals surface area contributed by atoms with E-state index < -0.39 is 36.0 Å². The van der Waals surface area contributed by atoms with Gasteiger partial charge in [0.2, 0.25) is 11.8 Å². The number of rotatable bonds is 8. The van der Waals surface area contributed by atoms with Crippen LogP contribution in [0.1, 0.15) is 33.3 Å². The molecule has 0 saturated heterocycles. The molecule has 3 rings (SSSR count). The maximum Gasteiger partial charge on any atom is 0.326 e. The monoisotopic (exact) mass is 480 g/mol. The molecule has 1 aliphatic rings. The van der Waals surface area contributed by atoms with Gasteiger partial charge in [0.15, 0.2) is 0 Å². The van der Waals surface area contributed by atoms with E-state index in [1.54, 1.807) is 38.1 Å². The Morgan fingerprint density at radius 2 is 1.60 bits per heavy atom. The number of para-hydroxylation sites is 2. The molecule has 9 heteroatoms. The summed E-state index contributed by atoms with van der Waals surface area (Å²) in [5.74, 6) is -2.64. The van der Waals surface area contributed by atoms with Gasteiger partial charge < -0.3 is 21.1 Å². The molecule has 2 aromatic rings. The molecule has 0 aromatic heterocycles. The number of hydrogen-bond donors (Lipinski definition) is 4. The van der Waals surface area contributed by atoms with Crippen LogP contribution in [0.2, 0.25) is 0 Å². The lowest BCUT2D eigenvalue weighted by Crippen LogP contribution is -2.60. The number of fused-ring (bicyclic) bond motifs is 1. The van der Waals surface area contributed by atoms with Crippen molar-refractivity contribution >= 4 is 35.2 Å². The highest BCUT2D eigenvalue weighted by Gasteiger charge is 2.40. The smallest absolute Gasteiger partial charge is 0.326 e. The van der Waals surface area contributed by atoms with E-state index in [2.05, 4.69) is 16.0 Å². The minimum absolute atomic E-state index is 0.150. The van der Waals surface area contributed by atoms with E-state index >= 15 is 0 Å². The van der Waals surface area contributed by atoms with Crippen molar-refractivity contribution in [3.05, 3.63) is 60.2 Å². The van der Waals surface area contributed by atoms with Crippen molar-refractivity contribution in [1.82, 2.24) is 10.6 Å². The van der Waals surface area contributed by atoms with Crippen molar-refractivity contribution in [3.8, 4) is 0 Å². The van der Waals surface area contributed by atoms with Crippen molar-refractivity contribution in [3.63, 3.8) is 0 Å². The van der Waals surface area contributed by atoms with Gasteiger partial charge in [0.05, 0.1) is 11.4 Å². The number of benzene rings is 2. The summed E-state index contributed by atoms with van der Waals surface area (Å²) in [7, 11) is 0. The number of hydrogen-bond acceptors (Lipinski definition) is 4. The van der Waals surface area contributed by atoms with Gasteiger partial charge in [-0.3, -0.25) is 14.5 Å². The summed E-state index contributed by atoms with van der Waals surface area (Å²) >= 11 is 0. The fourth-order valence-corrected chi connectivity index (χ4v) is 4.14. The molecule has 35 heavy (non-hydrogen) atoms. The van der Waals surface area contributed by atoms with Crippen LogP contribution in [-0.4, -0.2) is 47.0 Å². The normalized spacial score (nSPS) is 16.8. The van der Waals surface area contributed by atoms with Crippen LogP contribution in [0.3, 0.4) is 0 Å². The van der Waals surface area contributed by atoms with E-state index in [1.165, 1.54) is 4.90 Å². The number of anilines is 2. The third-order valence-corrected chi connectivity index (χ3v) is 5.95. The van der Waals surface area contributed by atoms with Crippen LogP contribution in [0.5, 0.6) is 0 Å². The lowest BCUT2D eigenvalue weighted by Gasteiger charge is -2.39. The van der Waals surface area contributed by atoms with Gasteiger partial charge in [0.25, 0.3) is 0 Å². The second-order valence-corrected chi connectivity index (χ2v) is 9.33. The Morgan fingerprint density at radius 1 is 0.971 bits per heavy atom. The standard InChI is InChI=1S/C26H32N4O5/c1-15(2)21(25(33)34)29-23(31)19(14-17-10-6-5-7-11-17)28-26(35)30-20-13-9-8-12-18(20)27-24(32)22(30)16(3)4/h5-13,15-16,19,21-22H,14H2,1-4H3,(H,27,32)(H,28,35)(H,29,31)(H,33,34)/t19-,21+,22+/m0/s1. The minimum atomic E-state index is -1.15. The fraction of sp³-hybridized carbons (Fsp3) is 0.385. The van der Waals surface area contributed by atoms with E-state index in [1.807, 2.05) is 44.2 Å². The lowest BCUT2D eigenvalue weighted by atomic mass is 9.97. The number of aliphatic carboxylic acids is 1. The molecule has 0 fully saturated rings. The zero-order chi connectivity index (χ0) is 25.7. The highest BCUT2D eigenvalue weighted by Crippen LogP contribution is 2.34. The molecule has 1 aliphatic heterocycles. The van der Waals surface area contributed by atoms with Gasteiger partial charge in [-0.1, -0.05) is 70.2 Å². The van der Waals surface area contributed by atoms with Crippen molar-refractivity contribution in [2.24, 2.45) is 11.8 Å². The topological polar surface area (TPSA) is 128 Å². The maximum atomic E-state index is 13.6. The van der Waals surface area contributed by atoms with Crippen LogP contribution in [0, 0.1) is 11.8 Å². The number of carbonyl (C=O) groups is 4.